The van der Waals surface area contributed by atoms with Gasteiger partial charge in [0.15, 0.2) is 6.29 Å². The number of rotatable bonds is 11. The summed E-state index contributed by atoms with van der Waals surface area (Å²) in [7, 11) is 0. The molecule has 0 spiro atoms. The van der Waals surface area contributed by atoms with Gasteiger partial charge in [-0.25, -0.2) is 4.79 Å². The van der Waals surface area contributed by atoms with E-state index in [4.69, 9.17) is 9.47 Å². The van der Waals surface area contributed by atoms with Crippen LogP contribution in [0.4, 0.5) is 4.79 Å². The van der Waals surface area contributed by atoms with E-state index < -0.39 is 6.29 Å². The molecule has 290 valence electrons. The van der Waals surface area contributed by atoms with Crippen molar-refractivity contribution >= 4 is 17.8 Å². The van der Waals surface area contributed by atoms with E-state index in [1.54, 1.807) is 28.9 Å². The fraction of sp³-hybridized carbons (Fsp3) is 0.409. The third kappa shape index (κ3) is 7.80. The molecule has 1 aliphatic heterocycles. The highest BCUT2D eigenvalue weighted by molar-refractivity contribution is 7.99. The number of hydrogen-bond acceptors (Lipinski definition) is 9. The summed E-state index contributed by atoms with van der Waals surface area (Å²) in [5, 5.41) is 39.0. The first-order chi connectivity index (χ1) is 27.3. The third-order valence-corrected chi connectivity index (χ3v) is 13.4. The van der Waals surface area contributed by atoms with Crippen LogP contribution in [-0.4, -0.2) is 53.8 Å². The highest BCUT2D eigenvalue weighted by atomic mass is 32.2. The highest BCUT2D eigenvalue weighted by Crippen LogP contribution is 2.55. The summed E-state index contributed by atoms with van der Waals surface area (Å²) >= 11 is 1.50. The van der Waals surface area contributed by atoms with Crippen molar-refractivity contribution in [3.63, 3.8) is 0 Å². The maximum Gasteiger partial charge on any atom is 0.315 e. The molecule has 4 N–H and O–H groups in total. The van der Waals surface area contributed by atoms with Gasteiger partial charge in [-0.05, 0) is 125 Å². The number of aromatic nitrogens is 4. The predicted octanol–water partition coefficient (Wildman–Crippen LogP) is 7.88. The van der Waals surface area contributed by atoms with Crippen LogP contribution in [0.2, 0.25) is 0 Å². The van der Waals surface area contributed by atoms with Crippen molar-refractivity contribution in [2.45, 2.75) is 87.8 Å². The lowest BCUT2D eigenvalue weighted by Crippen LogP contribution is -2.61. The lowest BCUT2D eigenvalue weighted by Gasteiger charge is -2.56. The molecule has 2 heterocycles. The molecule has 0 radical (unpaired) electrons. The largest absolute Gasteiger partial charge is 0.508 e. The Hall–Kier alpha value is -4.75. The molecule has 12 heteroatoms. The number of phenols is 1. The number of carbonyl (C=O) groups excluding carboxylic acids is 1. The summed E-state index contributed by atoms with van der Waals surface area (Å²) in [4.78, 5) is 13.1. The Labute approximate surface area is 331 Å². The number of benzene rings is 4. The number of urea groups is 1. The first kappa shape index (κ1) is 36.9. The van der Waals surface area contributed by atoms with Crippen LogP contribution in [0.5, 0.6) is 5.75 Å². The number of aliphatic hydroxyl groups excluding tert-OH is 1. The van der Waals surface area contributed by atoms with E-state index in [-0.39, 0.29) is 42.1 Å². The van der Waals surface area contributed by atoms with Gasteiger partial charge in [-0.2, -0.15) is 4.68 Å². The van der Waals surface area contributed by atoms with E-state index in [1.165, 1.54) is 31.0 Å². The Morgan fingerprint density at radius 3 is 2.25 bits per heavy atom. The van der Waals surface area contributed by atoms with E-state index in [9.17, 15) is 15.0 Å². The van der Waals surface area contributed by atoms with Crippen molar-refractivity contribution in [2.75, 3.05) is 5.75 Å². The number of thioether (sulfide) groups is 1. The van der Waals surface area contributed by atoms with E-state index in [0.29, 0.717) is 17.5 Å². The van der Waals surface area contributed by atoms with E-state index >= 15 is 0 Å². The second-order valence-electron chi connectivity index (χ2n) is 16.4. The van der Waals surface area contributed by atoms with Crippen LogP contribution < -0.4 is 10.6 Å². The molecule has 1 aromatic heterocycles. The molecule has 56 heavy (non-hydrogen) atoms. The number of aliphatic hydroxyl groups is 1. The summed E-state index contributed by atoms with van der Waals surface area (Å²) < 4.78 is 15.1. The predicted molar refractivity (Wildman–Crippen MR) is 213 cm³/mol. The van der Waals surface area contributed by atoms with Crippen molar-refractivity contribution in [2.24, 2.45) is 23.7 Å². The minimum Gasteiger partial charge on any atom is -0.508 e. The number of ether oxygens (including phenoxy) is 2. The Morgan fingerprint density at radius 1 is 0.857 bits per heavy atom. The Balaban J connectivity index is 0.880. The molecule has 5 aliphatic rings. The van der Waals surface area contributed by atoms with E-state index in [1.807, 2.05) is 30.3 Å². The molecule has 1 saturated heterocycles. The Kier molecular flexibility index (Phi) is 10.3. The normalized spacial score (nSPS) is 27.9. The lowest BCUT2D eigenvalue weighted by atomic mass is 9.53. The summed E-state index contributed by atoms with van der Waals surface area (Å²) in [6.45, 7) is 2.57. The van der Waals surface area contributed by atoms with Gasteiger partial charge in [-0.3, -0.25) is 0 Å². The van der Waals surface area contributed by atoms with Gasteiger partial charge in [0.1, 0.15) is 5.75 Å². The van der Waals surface area contributed by atoms with Crippen LogP contribution in [0, 0.1) is 23.7 Å². The summed E-state index contributed by atoms with van der Waals surface area (Å²) in [5.74, 6) is 3.08. The van der Waals surface area contributed by atoms with Gasteiger partial charge in [0, 0.05) is 29.3 Å². The van der Waals surface area contributed by atoms with Crippen molar-refractivity contribution in [1.29, 1.82) is 0 Å². The maximum absolute atomic E-state index is 13.1. The third-order valence-electron chi connectivity index (χ3n) is 12.3. The molecule has 11 nitrogen and oxygen atoms in total. The zero-order valence-electron chi connectivity index (χ0n) is 31.5. The first-order valence-electron chi connectivity index (χ1n) is 19.8. The molecule has 4 atom stereocenters. The quantitative estimate of drug-likeness (QED) is 0.0987. The van der Waals surface area contributed by atoms with Gasteiger partial charge in [-0.15, -0.1) is 5.10 Å². The van der Waals surface area contributed by atoms with Crippen molar-refractivity contribution in [3.8, 4) is 22.6 Å². The number of carbonyl (C=O) groups is 1. The number of aromatic hydroxyl groups is 1. The Bertz CT molecular complexity index is 2110. The standard InChI is InChI=1S/C44H48N6O5S/c1-27-39(26-56-43-47-48-49-50(43)37-13-15-38(52)16-14-37)54-41(55-40(27)34-7-5-28(25-51)6-8-34)35-11-9-33(10-12-35)36-4-2-3-29(20-36)24-45-42(53)46-44-21-30-17-31(22-44)19-32(18-30)23-44/h2-16,20,27,30-32,39-41,51-52H,17-19,21-26H2,1H3,(H2,45,46,53). The zero-order chi connectivity index (χ0) is 38.2. The van der Waals surface area contributed by atoms with Gasteiger partial charge in [0.05, 0.1) is 24.5 Å². The van der Waals surface area contributed by atoms with Crippen LogP contribution in [-0.2, 0) is 22.6 Å². The molecule has 4 saturated carbocycles. The molecular weight excluding hydrogens is 725 g/mol. The van der Waals surface area contributed by atoms with Crippen molar-refractivity contribution < 1.29 is 24.5 Å². The van der Waals surface area contributed by atoms with Crippen molar-refractivity contribution in [1.82, 2.24) is 30.8 Å². The molecule has 4 bridgehead atoms. The SMILES string of the molecule is CC1C(CSc2nnnn2-c2ccc(O)cc2)OC(c2ccc(-c3cccc(CNC(=O)NC45CC6CC(CC(C6)C4)C5)c3)cc2)OC1c1ccc(CO)cc1. The highest BCUT2D eigenvalue weighted by Gasteiger charge is 2.51. The van der Waals surface area contributed by atoms with Gasteiger partial charge in [-0.1, -0.05) is 85.4 Å². The fourth-order valence-corrected chi connectivity index (χ4v) is 11.0. The first-order valence-corrected chi connectivity index (χ1v) is 20.7. The summed E-state index contributed by atoms with van der Waals surface area (Å²) in [5.41, 5.74) is 6.67. The fourth-order valence-electron chi connectivity index (χ4n) is 9.92. The van der Waals surface area contributed by atoms with Crippen LogP contribution in [0.1, 0.15) is 80.1 Å². The minimum absolute atomic E-state index is 0.0112. The average Bonchev–Trinajstić information content (AvgIpc) is 3.68. The van der Waals surface area contributed by atoms with Gasteiger partial charge in [0.25, 0.3) is 0 Å². The monoisotopic (exact) mass is 772 g/mol. The van der Waals surface area contributed by atoms with Crippen LogP contribution in [0.15, 0.2) is 102 Å². The smallest absolute Gasteiger partial charge is 0.315 e. The molecule has 4 aliphatic carbocycles. The van der Waals surface area contributed by atoms with E-state index in [2.05, 4.69) is 75.5 Å². The van der Waals surface area contributed by atoms with Crippen molar-refractivity contribution in [3.05, 3.63) is 119 Å². The topological polar surface area (TPSA) is 144 Å². The zero-order valence-corrected chi connectivity index (χ0v) is 32.3. The van der Waals surface area contributed by atoms with Gasteiger partial charge < -0.3 is 30.3 Å². The van der Waals surface area contributed by atoms with Crippen LogP contribution in [0.25, 0.3) is 16.8 Å². The number of tetrazole rings is 1. The molecule has 4 unspecified atom stereocenters. The van der Waals surface area contributed by atoms with Gasteiger partial charge >= 0.3 is 6.03 Å². The second kappa shape index (κ2) is 15.7. The maximum atomic E-state index is 13.1. The minimum atomic E-state index is -0.621. The number of phenolic OH excluding ortho intramolecular Hbond substituents is 1. The van der Waals surface area contributed by atoms with Crippen LogP contribution in [0.3, 0.4) is 0 Å². The second-order valence-corrected chi connectivity index (χ2v) is 17.3. The summed E-state index contributed by atoms with van der Waals surface area (Å²) in [6, 6.07) is 31.2. The van der Waals surface area contributed by atoms with Gasteiger partial charge in [0.2, 0.25) is 5.16 Å². The number of hydrogen-bond donors (Lipinski definition) is 4. The average molecular weight is 773 g/mol. The Morgan fingerprint density at radius 2 is 1.55 bits per heavy atom. The van der Waals surface area contributed by atoms with E-state index in [0.717, 1.165) is 76.1 Å². The number of nitrogens with zero attached hydrogens (tertiary/aromatic N) is 4. The molecule has 2 amide bonds. The molecule has 4 aromatic carbocycles. The molecular formula is C44H48N6O5S. The summed E-state index contributed by atoms with van der Waals surface area (Å²) in [6.07, 6.45) is 6.37. The number of amides is 2. The molecule has 10 rings (SSSR count). The molecule has 5 fully saturated rings. The number of nitrogens with one attached hydrogen (secondary N) is 2. The lowest BCUT2D eigenvalue weighted by molar-refractivity contribution is -0.268. The molecule has 5 aromatic rings. The van der Waals surface area contributed by atoms with Crippen LogP contribution >= 0.6 is 11.8 Å².